The summed E-state index contributed by atoms with van der Waals surface area (Å²) in [5, 5.41) is 20.6. The Hall–Kier alpha value is -0.680. The molecule has 28 heavy (non-hydrogen) atoms. The fourth-order valence-electron chi connectivity index (χ4n) is 7.20. The Balaban J connectivity index is 1.84. The van der Waals surface area contributed by atoms with Gasteiger partial charge in [-0.15, -0.1) is 23.2 Å². The lowest BCUT2D eigenvalue weighted by molar-refractivity contribution is -0.167. The molecule has 154 valence electrons. The SMILES string of the molecule is C[C@@H]1C[C@@H]2[C@@H]3CCC4=CC(=O)C=C[C@]4(C)[C@@]3(Cl)[C@@H](Cl)C[C@]2(C)[C@@]1(O)C(=O)CO. The van der Waals surface area contributed by atoms with Crippen LogP contribution < -0.4 is 0 Å². The standard InChI is InChI=1S/C22H28Cl2O4/c1-12-8-16-15-5-4-13-9-14(26)6-7-19(13,2)21(15,24)17(23)10-20(16,3)22(12,28)18(27)11-25/h6-7,9,12,15-17,25,28H,4-5,8,10-11H2,1-3H3/t12-,15+,16-,17+,19+,20+,21+,22+/m1/s1. The maximum Gasteiger partial charge on any atom is 0.190 e. The smallest absolute Gasteiger partial charge is 0.190 e. The van der Waals surface area contributed by atoms with E-state index in [-0.39, 0.29) is 23.5 Å². The van der Waals surface area contributed by atoms with Crippen molar-refractivity contribution < 1.29 is 19.8 Å². The number of alkyl halides is 2. The van der Waals surface area contributed by atoms with Crippen LogP contribution in [0.3, 0.4) is 0 Å². The first-order valence-corrected chi connectivity index (χ1v) is 10.9. The molecule has 0 unspecified atom stereocenters. The zero-order valence-corrected chi connectivity index (χ0v) is 18.1. The van der Waals surface area contributed by atoms with E-state index in [9.17, 15) is 19.8 Å². The molecule has 4 rings (SSSR count). The maximum absolute atomic E-state index is 12.6. The molecule has 0 aromatic heterocycles. The van der Waals surface area contributed by atoms with E-state index in [4.69, 9.17) is 23.2 Å². The molecule has 0 heterocycles. The molecular weight excluding hydrogens is 399 g/mol. The van der Waals surface area contributed by atoms with E-state index in [0.29, 0.717) is 12.8 Å². The van der Waals surface area contributed by atoms with Crippen molar-refractivity contribution in [1.82, 2.24) is 0 Å². The largest absolute Gasteiger partial charge is 0.388 e. The minimum atomic E-state index is -1.60. The van der Waals surface area contributed by atoms with Crippen molar-refractivity contribution in [1.29, 1.82) is 0 Å². The van der Waals surface area contributed by atoms with Crippen LogP contribution in [0.4, 0.5) is 0 Å². The highest BCUT2D eigenvalue weighted by atomic mass is 35.5. The maximum atomic E-state index is 12.6. The zero-order valence-electron chi connectivity index (χ0n) is 16.5. The average Bonchev–Trinajstić information content (AvgIpc) is 2.84. The van der Waals surface area contributed by atoms with Crippen molar-refractivity contribution in [2.45, 2.75) is 62.3 Å². The zero-order chi connectivity index (χ0) is 20.7. The molecule has 4 nitrogen and oxygen atoms in total. The minimum absolute atomic E-state index is 0.00149. The fourth-order valence-corrected chi connectivity index (χ4v) is 8.43. The Labute approximate surface area is 176 Å². The Kier molecular flexibility index (Phi) is 4.53. The predicted octanol–water partition coefficient (Wildman–Crippen LogP) is 3.41. The second-order valence-corrected chi connectivity index (χ2v) is 10.9. The molecule has 0 aliphatic heterocycles. The van der Waals surface area contributed by atoms with Gasteiger partial charge >= 0.3 is 0 Å². The lowest BCUT2D eigenvalue weighted by Crippen LogP contribution is -2.67. The number of rotatable bonds is 2. The summed E-state index contributed by atoms with van der Waals surface area (Å²) in [6.45, 7) is 5.20. The van der Waals surface area contributed by atoms with Crippen molar-refractivity contribution in [2.24, 2.45) is 28.6 Å². The first kappa shape index (κ1) is 20.6. The lowest BCUT2D eigenvalue weighted by atomic mass is 9.46. The number of allylic oxidation sites excluding steroid dienone is 4. The molecule has 0 bridgehead atoms. The minimum Gasteiger partial charge on any atom is -0.388 e. The monoisotopic (exact) mass is 426 g/mol. The summed E-state index contributed by atoms with van der Waals surface area (Å²) in [6.07, 6.45) is 7.76. The van der Waals surface area contributed by atoms with Crippen molar-refractivity contribution in [3.05, 3.63) is 23.8 Å². The highest BCUT2D eigenvalue weighted by molar-refractivity contribution is 6.34. The average molecular weight is 427 g/mol. The molecule has 4 aliphatic rings. The van der Waals surface area contributed by atoms with Gasteiger partial charge in [-0.3, -0.25) is 9.59 Å². The van der Waals surface area contributed by atoms with E-state index >= 15 is 0 Å². The van der Waals surface area contributed by atoms with Crippen LogP contribution in [0.2, 0.25) is 0 Å². The van der Waals surface area contributed by atoms with E-state index in [1.54, 1.807) is 12.2 Å². The van der Waals surface area contributed by atoms with Crippen LogP contribution >= 0.6 is 23.2 Å². The number of aliphatic hydroxyl groups is 2. The Morgan fingerprint density at radius 1 is 1.32 bits per heavy atom. The number of hydrogen-bond acceptors (Lipinski definition) is 4. The number of hydrogen-bond donors (Lipinski definition) is 2. The van der Waals surface area contributed by atoms with Crippen molar-refractivity contribution in [3.63, 3.8) is 0 Å². The van der Waals surface area contributed by atoms with Crippen molar-refractivity contribution in [3.8, 4) is 0 Å². The third-order valence-electron chi connectivity index (χ3n) is 8.75. The van der Waals surface area contributed by atoms with Crippen LogP contribution in [0.25, 0.3) is 0 Å². The van der Waals surface area contributed by atoms with Gasteiger partial charge in [0.2, 0.25) is 0 Å². The van der Waals surface area contributed by atoms with Gasteiger partial charge in [0, 0.05) is 10.8 Å². The third-order valence-corrected chi connectivity index (χ3v) is 10.3. The number of carbonyl (C=O) groups is 2. The predicted molar refractivity (Wildman–Crippen MR) is 108 cm³/mol. The number of Topliss-reactive ketones (excluding diaryl/α,β-unsaturated/α-hetero) is 1. The molecule has 8 atom stereocenters. The topological polar surface area (TPSA) is 74.6 Å². The van der Waals surface area contributed by atoms with Gasteiger partial charge in [0.25, 0.3) is 0 Å². The lowest BCUT2D eigenvalue weighted by Gasteiger charge is -2.63. The number of aliphatic hydroxyl groups excluding tert-OH is 1. The van der Waals surface area contributed by atoms with E-state index in [1.165, 1.54) is 0 Å². The summed E-state index contributed by atoms with van der Waals surface area (Å²) in [6, 6.07) is 0. The summed E-state index contributed by atoms with van der Waals surface area (Å²) < 4.78 is 0. The fraction of sp³-hybridized carbons (Fsp3) is 0.727. The van der Waals surface area contributed by atoms with Crippen molar-refractivity contribution in [2.75, 3.05) is 6.61 Å². The van der Waals surface area contributed by atoms with Gasteiger partial charge in [0.1, 0.15) is 12.2 Å². The van der Waals surface area contributed by atoms with E-state index in [0.717, 1.165) is 18.4 Å². The Morgan fingerprint density at radius 3 is 2.64 bits per heavy atom. The van der Waals surface area contributed by atoms with Gasteiger partial charge in [-0.2, -0.15) is 0 Å². The van der Waals surface area contributed by atoms with Crippen LogP contribution in [-0.2, 0) is 9.59 Å². The quantitative estimate of drug-likeness (QED) is 0.663. The van der Waals surface area contributed by atoms with Gasteiger partial charge < -0.3 is 10.2 Å². The molecule has 3 fully saturated rings. The highest BCUT2D eigenvalue weighted by Gasteiger charge is 2.74. The van der Waals surface area contributed by atoms with Crippen LogP contribution in [0.1, 0.15) is 46.5 Å². The molecule has 0 amide bonds. The summed E-state index contributed by atoms with van der Waals surface area (Å²) in [4.78, 5) is 23.8. The van der Waals surface area contributed by atoms with Gasteiger partial charge in [-0.05, 0) is 55.6 Å². The number of carbonyl (C=O) groups excluding carboxylic acids is 2. The van der Waals surface area contributed by atoms with Crippen LogP contribution in [0, 0.1) is 28.6 Å². The molecule has 0 radical (unpaired) electrons. The summed E-state index contributed by atoms with van der Waals surface area (Å²) in [7, 11) is 0. The van der Waals surface area contributed by atoms with E-state index < -0.39 is 39.1 Å². The molecular formula is C22H28Cl2O4. The second kappa shape index (κ2) is 6.16. The number of fused-ring (bicyclic) bond motifs is 5. The van der Waals surface area contributed by atoms with E-state index in [1.807, 2.05) is 19.9 Å². The van der Waals surface area contributed by atoms with Gasteiger partial charge in [-0.25, -0.2) is 0 Å². The normalized spacial score (nSPS) is 52.5. The summed E-state index contributed by atoms with van der Waals surface area (Å²) in [5.41, 5.74) is -1.86. The molecule has 0 aromatic rings. The summed E-state index contributed by atoms with van der Waals surface area (Å²) in [5.74, 6) is -0.811. The first-order chi connectivity index (χ1) is 13.0. The molecule has 4 aliphatic carbocycles. The number of ketones is 2. The molecule has 2 N–H and O–H groups in total. The third kappa shape index (κ3) is 2.16. The Bertz CT molecular complexity index is 806. The first-order valence-electron chi connectivity index (χ1n) is 10.1. The van der Waals surface area contributed by atoms with Gasteiger partial charge in [0.15, 0.2) is 11.6 Å². The molecule has 0 aromatic carbocycles. The molecule has 0 saturated heterocycles. The summed E-state index contributed by atoms with van der Waals surface area (Å²) >= 11 is 14.4. The van der Waals surface area contributed by atoms with Gasteiger partial charge in [0.05, 0.1) is 10.3 Å². The number of halogens is 2. The van der Waals surface area contributed by atoms with Crippen LogP contribution in [0.5, 0.6) is 0 Å². The van der Waals surface area contributed by atoms with E-state index in [2.05, 4.69) is 6.92 Å². The molecule has 3 saturated carbocycles. The van der Waals surface area contributed by atoms with Gasteiger partial charge in [-0.1, -0.05) is 32.4 Å². The van der Waals surface area contributed by atoms with Crippen LogP contribution in [0.15, 0.2) is 23.8 Å². The molecule has 6 heteroatoms. The van der Waals surface area contributed by atoms with Crippen molar-refractivity contribution >= 4 is 34.8 Å². The Morgan fingerprint density at radius 2 is 2.00 bits per heavy atom. The molecule has 0 spiro atoms. The second-order valence-electron chi connectivity index (χ2n) is 9.70. The highest BCUT2D eigenvalue weighted by Crippen LogP contribution is 2.72. The van der Waals surface area contributed by atoms with Crippen LogP contribution in [-0.4, -0.2) is 44.2 Å².